The Bertz CT molecular complexity index is 1310. The topological polar surface area (TPSA) is 118 Å². The third-order valence-corrected chi connectivity index (χ3v) is 7.38. The standard InChI is InChI=1S/C26H26ClN7O3/c1-35-23-24(33-21-5-2-15(7-28)6-20(21)27)31-14-32-25(23)37-22-18-10-34(11-19(22)13-36-12-18)26-29-8-17(9-30-26)16-3-4-16/h2,5-6,8-9,14,16,18-19,22H,3-4,10-13H2,1H3,(H,31,32,33). The van der Waals surface area contributed by atoms with Crippen molar-refractivity contribution in [3.05, 3.63) is 53.1 Å². The van der Waals surface area contributed by atoms with Gasteiger partial charge in [-0.3, -0.25) is 0 Å². The number of nitriles is 1. The molecule has 37 heavy (non-hydrogen) atoms. The lowest BCUT2D eigenvalue weighted by Crippen LogP contribution is -2.58. The van der Waals surface area contributed by atoms with E-state index in [0.29, 0.717) is 52.9 Å². The molecule has 0 radical (unpaired) electrons. The number of ether oxygens (including phenoxy) is 3. The van der Waals surface area contributed by atoms with Crippen LogP contribution in [0.3, 0.4) is 0 Å². The van der Waals surface area contributed by atoms with Gasteiger partial charge in [0.25, 0.3) is 5.88 Å². The smallest absolute Gasteiger partial charge is 0.262 e. The molecule has 0 amide bonds. The quantitative estimate of drug-likeness (QED) is 0.491. The molecule has 1 aromatic carbocycles. The second-order valence-corrected chi connectivity index (χ2v) is 10.0. The molecule has 3 aromatic rings. The van der Waals surface area contributed by atoms with Crippen molar-refractivity contribution in [2.24, 2.45) is 11.8 Å². The summed E-state index contributed by atoms with van der Waals surface area (Å²) in [6, 6.07) is 7.06. The van der Waals surface area contributed by atoms with Crippen molar-refractivity contribution in [3.63, 3.8) is 0 Å². The number of rotatable bonds is 7. The van der Waals surface area contributed by atoms with E-state index >= 15 is 0 Å². The van der Waals surface area contributed by atoms with Gasteiger partial charge in [0.15, 0.2) is 5.82 Å². The summed E-state index contributed by atoms with van der Waals surface area (Å²) in [5.41, 5.74) is 2.29. The number of hydrogen-bond acceptors (Lipinski definition) is 10. The average Bonchev–Trinajstić information content (AvgIpc) is 3.76. The van der Waals surface area contributed by atoms with Crippen LogP contribution in [0.4, 0.5) is 17.5 Å². The van der Waals surface area contributed by atoms with Gasteiger partial charge in [-0.1, -0.05) is 11.6 Å². The maximum atomic E-state index is 9.09. The summed E-state index contributed by atoms with van der Waals surface area (Å²) in [6.45, 7) is 2.61. The number of anilines is 3. The zero-order chi connectivity index (χ0) is 25.4. The second kappa shape index (κ2) is 10.00. The van der Waals surface area contributed by atoms with Crippen molar-refractivity contribution >= 4 is 29.1 Å². The van der Waals surface area contributed by atoms with Crippen LogP contribution in [0.25, 0.3) is 0 Å². The molecule has 190 valence electrons. The highest BCUT2D eigenvalue weighted by atomic mass is 35.5. The number of methoxy groups -OCH3 is 1. The van der Waals surface area contributed by atoms with Crippen LogP contribution < -0.4 is 19.7 Å². The van der Waals surface area contributed by atoms with E-state index in [1.165, 1.54) is 24.7 Å². The lowest BCUT2D eigenvalue weighted by atomic mass is 9.84. The molecule has 2 aliphatic heterocycles. The summed E-state index contributed by atoms with van der Waals surface area (Å²) in [7, 11) is 1.55. The van der Waals surface area contributed by atoms with Crippen LogP contribution in [-0.2, 0) is 4.74 Å². The number of piperidine rings is 1. The highest BCUT2D eigenvalue weighted by molar-refractivity contribution is 6.33. The first-order valence-corrected chi connectivity index (χ1v) is 12.7. The second-order valence-electron chi connectivity index (χ2n) is 9.63. The van der Waals surface area contributed by atoms with Gasteiger partial charge in [0, 0.05) is 37.3 Å². The van der Waals surface area contributed by atoms with Crippen LogP contribution >= 0.6 is 11.6 Å². The molecule has 2 unspecified atom stereocenters. The first kappa shape index (κ1) is 23.7. The molecule has 1 saturated carbocycles. The molecule has 2 saturated heterocycles. The van der Waals surface area contributed by atoms with Crippen LogP contribution in [0.15, 0.2) is 36.9 Å². The van der Waals surface area contributed by atoms with Gasteiger partial charge >= 0.3 is 0 Å². The first-order chi connectivity index (χ1) is 18.1. The van der Waals surface area contributed by atoms with E-state index < -0.39 is 0 Å². The van der Waals surface area contributed by atoms with Gasteiger partial charge in [-0.2, -0.15) is 10.2 Å². The number of fused-ring (bicyclic) bond motifs is 2. The van der Waals surface area contributed by atoms with Crippen LogP contribution in [0.2, 0.25) is 5.02 Å². The SMILES string of the molecule is COc1c(Nc2ccc(C#N)cc2Cl)ncnc1OC1C2COCC1CN(c1ncc(C3CC3)cn1)C2. The predicted octanol–water partition coefficient (Wildman–Crippen LogP) is 3.95. The van der Waals surface area contributed by atoms with Crippen LogP contribution in [-0.4, -0.2) is 59.5 Å². The molecule has 3 aliphatic rings. The molecule has 3 fully saturated rings. The lowest BCUT2D eigenvalue weighted by molar-refractivity contribution is -0.0775. The minimum absolute atomic E-state index is 0.106. The maximum absolute atomic E-state index is 9.09. The molecule has 4 heterocycles. The van der Waals surface area contributed by atoms with Gasteiger partial charge in [-0.05, 0) is 42.5 Å². The van der Waals surface area contributed by atoms with Crippen LogP contribution in [0, 0.1) is 23.2 Å². The van der Waals surface area contributed by atoms with Gasteiger partial charge in [0.2, 0.25) is 11.7 Å². The highest BCUT2D eigenvalue weighted by Crippen LogP contribution is 2.41. The molecular weight excluding hydrogens is 494 g/mol. The van der Waals surface area contributed by atoms with Gasteiger partial charge < -0.3 is 24.4 Å². The van der Waals surface area contributed by atoms with E-state index in [1.54, 1.807) is 25.3 Å². The van der Waals surface area contributed by atoms with E-state index in [-0.39, 0.29) is 17.9 Å². The van der Waals surface area contributed by atoms with Crippen LogP contribution in [0.5, 0.6) is 11.6 Å². The zero-order valence-corrected chi connectivity index (χ0v) is 21.1. The van der Waals surface area contributed by atoms with E-state index in [2.05, 4.69) is 36.2 Å². The van der Waals surface area contributed by atoms with Crippen LogP contribution in [0.1, 0.15) is 29.9 Å². The third kappa shape index (κ3) is 4.84. The van der Waals surface area contributed by atoms with Crippen molar-refractivity contribution < 1.29 is 14.2 Å². The van der Waals surface area contributed by atoms with E-state index in [1.807, 2.05) is 12.4 Å². The molecule has 2 aromatic heterocycles. The van der Waals surface area contributed by atoms with E-state index in [4.69, 9.17) is 31.1 Å². The molecule has 0 spiro atoms. The fourth-order valence-electron chi connectivity index (χ4n) is 5.03. The monoisotopic (exact) mass is 519 g/mol. The first-order valence-electron chi connectivity index (χ1n) is 12.3. The minimum Gasteiger partial charge on any atom is -0.489 e. The number of hydrogen-bond donors (Lipinski definition) is 1. The summed E-state index contributed by atoms with van der Waals surface area (Å²) in [4.78, 5) is 20.2. The molecule has 10 nitrogen and oxygen atoms in total. The maximum Gasteiger partial charge on any atom is 0.262 e. The molecule has 2 bridgehead atoms. The van der Waals surface area contributed by atoms with E-state index in [0.717, 1.165) is 19.0 Å². The number of nitrogens with zero attached hydrogens (tertiary/aromatic N) is 6. The Hall–Kier alpha value is -3.68. The molecule has 1 aliphatic carbocycles. The number of aromatic nitrogens is 4. The third-order valence-electron chi connectivity index (χ3n) is 7.07. The Morgan fingerprint density at radius 2 is 1.86 bits per heavy atom. The largest absolute Gasteiger partial charge is 0.489 e. The lowest BCUT2D eigenvalue weighted by Gasteiger charge is -2.46. The van der Waals surface area contributed by atoms with Gasteiger partial charge in [0.1, 0.15) is 12.4 Å². The van der Waals surface area contributed by atoms with E-state index in [9.17, 15) is 0 Å². The Kier molecular flexibility index (Phi) is 6.40. The number of nitrogens with one attached hydrogen (secondary N) is 1. The number of benzene rings is 1. The fourth-order valence-corrected chi connectivity index (χ4v) is 5.26. The zero-order valence-electron chi connectivity index (χ0n) is 20.3. The Labute approximate surface area is 219 Å². The highest BCUT2D eigenvalue weighted by Gasteiger charge is 2.43. The normalized spacial score (nSPS) is 22.7. The van der Waals surface area contributed by atoms with Crippen molar-refractivity contribution in [2.75, 3.05) is 43.6 Å². The summed E-state index contributed by atoms with van der Waals surface area (Å²) in [5.74, 6) is 2.77. The molecular formula is C26H26ClN7O3. The molecule has 11 heteroatoms. The number of halogens is 1. The van der Waals surface area contributed by atoms with Crippen molar-refractivity contribution in [2.45, 2.75) is 24.9 Å². The Morgan fingerprint density at radius 3 is 2.51 bits per heavy atom. The Balaban J connectivity index is 1.20. The average molecular weight is 520 g/mol. The predicted molar refractivity (Wildman–Crippen MR) is 136 cm³/mol. The van der Waals surface area contributed by atoms with Crippen molar-refractivity contribution in [1.82, 2.24) is 19.9 Å². The fraction of sp³-hybridized carbons (Fsp3) is 0.423. The van der Waals surface area contributed by atoms with Gasteiger partial charge in [0.05, 0.1) is 42.7 Å². The van der Waals surface area contributed by atoms with Gasteiger partial charge in [-0.25, -0.2) is 15.0 Å². The van der Waals surface area contributed by atoms with Gasteiger partial charge in [-0.15, -0.1) is 0 Å². The summed E-state index contributed by atoms with van der Waals surface area (Å²) in [6.07, 6.45) is 7.72. The summed E-state index contributed by atoms with van der Waals surface area (Å²) in [5, 5.41) is 12.7. The molecule has 2 atom stereocenters. The summed E-state index contributed by atoms with van der Waals surface area (Å²) < 4.78 is 18.0. The molecule has 6 rings (SSSR count). The van der Waals surface area contributed by atoms with Crippen molar-refractivity contribution in [1.29, 1.82) is 5.26 Å². The Morgan fingerprint density at radius 1 is 1.11 bits per heavy atom. The molecule has 1 N–H and O–H groups in total. The summed E-state index contributed by atoms with van der Waals surface area (Å²) >= 11 is 6.35. The van der Waals surface area contributed by atoms with Crippen molar-refractivity contribution in [3.8, 4) is 17.7 Å². The minimum atomic E-state index is -0.106.